The van der Waals surface area contributed by atoms with Crippen molar-refractivity contribution in [2.75, 3.05) is 6.54 Å². The summed E-state index contributed by atoms with van der Waals surface area (Å²) in [6.45, 7) is 0.671. The quantitative estimate of drug-likeness (QED) is 0.851. The van der Waals surface area contributed by atoms with E-state index in [1.807, 2.05) is 0 Å². The first kappa shape index (κ1) is 12.9. The van der Waals surface area contributed by atoms with Gasteiger partial charge in [0.05, 0.1) is 0 Å². The predicted octanol–water partition coefficient (Wildman–Crippen LogP) is 1.68. The second-order valence-electron chi connectivity index (χ2n) is 4.83. The molecule has 4 N–H and O–H groups in total. The van der Waals surface area contributed by atoms with Crippen molar-refractivity contribution in [1.82, 2.24) is 0 Å². The van der Waals surface area contributed by atoms with Crippen LogP contribution in [0.4, 0.5) is 0 Å². The van der Waals surface area contributed by atoms with Gasteiger partial charge in [0.25, 0.3) is 0 Å². The summed E-state index contributed by atoms with van der Waals surface area (Å²) in [4.78, 5) is 11.0. The van der Waals surface area contributed by atoms with Crippen molar-refractivity contribution < 1.29 is 9.53 Å². The van der Waals surface area contributed by atoms with E-state index in [2.05, 4.69) is 0 Å². The summed E-state index contributed by atoms with van der Waals surface area (Å²) in [5, 5.41) is 0. The van der Waals surface area contributed by atoms with Crippen molar-refractivity contribution in [1.29, 1.82) is 0 Å². The summed E-state index contributed by atoms with van der Waals surface area (Å²) in [5.41, 5.74) is 11.5. The van der Waals surface area contributed by atoms with Gasteiger partial charge in [-0.1, -0.05) is 6.42 Å². The fraction of sp³-hybridized carbons (Fsp3) is 0.500. The maximum Gasteiger partial charge on any atom is 0.248 e. The molecule has 1 aromatic carbocycles. The Hall–Kier alpha value is -1.55. The average Bonchev–Trinajstić information content (AvgIpc) is 2.40. The minimum Gasteiger partial charge on any atom is -0.490 e. The summed E-state index contributed by atoms with van der Waals surface area (Å²) in [6.07, 6.45) is 4.83. The third kappa shape index (κ3) is 3.01. The monoisotopic (exact) mass is 248 g/mol. The number of hydrogen-bond donors (Lipinski definition) is 2. The Kier molecular flexibility index (Phi) is 4.20. The normalized spacial score (nSPS) is 23.6. The number of primary amides is 1. The Balaban J connectivity index is 2.01. The van der Waals surface area contributed by atoms with Crippen LogP contribution in [0.1, 0.15) is 36.0 Å². The highest BCUT2D eigenvalue weighted by Crippen LogP contribution is 2.27. The molecule has 0 bridgehead atoms. The van der Waals surface area contributed by atoms with Gasteiger partial charge in [0.1, 0.15) is 11.9 Å². The van der Waals surface area contributed by atoms with Gasteiger partial charge in [-0.2, -0.15) is 0 Å². The van der Waals surface area contributed by atoms with Crippen LogP contribution in [0.15, 0.2) is 24.3 Å². The highest BCUT2D eigenvalue weighted by Gasteiger charge is 2.25. The first-order chi connectivity index (χ1) is 8.70. The van der Waals surface area contributed by atoms with Gasteiger partial charge in [-0.3, -0.25) is 4.79 Å². The van der Waals surface area contributed by atoms with Crippen molar-refractivity contribution in [2.24, 2.45) is 17.4 Å². The van der Waals surface area contributed by atoms with Gasteiger partial charge in [0.2, 0.25) is 5.91 Å². The van der Waals surface area contributed by atoms with Crippen LogP contribution in [-0.2, 0) is 0 Å². The molecule has 2 unspecified atom stereocenters. The van der Waals surface area contributed by atoms with E-state index in [1.165, 1.54) is 12.8 Å². The van der Waals surface area contributed by atoms with Crippen LogP contribution < -0.4 is 16.2 Å². The van der Waals surface area contributed by atoms with Crippen LogP contribution in [0.5, 0.6) is 5.75 Å². The number of rotatable bonds is 4. The SMILES string of the molecule is NCC1CCCCC1Oc1ccc(C(N)=O)cc1. The molecule has 1 aliphatic rings. The molecule has 0 saturated heterocycles. The molecule has 0 aromatic heterocycles. The maximum absolute atomic E-state index is 11.0. The average molecular weight is 248 g/mol. The van der Waals surface area contributed by atoms with Crippen molar-refractivity contribution in [3.63, 3.8) is 0 Å². The number of carbonyl (C=O) groups is 1. The van der Waals surface area contributed by atoms with Gasteiger partial charge < -0.3 is 16.2 Å². The van der Waals surface area contributed by atoms with Crippen molar-refractivity contribution in [2.45, 2.75) is 31.8 Å². The van der Waals surface area contributed by atoms with Gasteiger partial charge in [0.15, 0.2) is 0 Å². The minimum absolute atomic E-state index is 0.197. The van der Waals surface area contributed by atoms with Gasteiger partial charge in [-0.15, -0.1) is 0 Å². The molecule has 0 spiro atoms. The fourth-order valence-corrected chi connectivity index (χ4v) is 2.47. The van der Waals surface area contributed by atoms with Crippen LogP contribution in [0, 0.1) is 5.92 Å². The molecule has 0 aliphatic heterocycles. The Bertz CT molecular complexity index is 403. The molecule has 0 heterocycles. The summed E-state index contributed by atoms with van der Waals surface area (Å²) in [5.74, 6) is 0.805. The van der Waals surface area contributed by atoms with Gasteiger partial charge in [-0.05, 0) is 50.1 Å². The first-order valence-electron chi connectivity index (χ1n) is 6.47. The van der Waals surface area contributed by atoms with Crippen LogP contribution >= 0.6 is 0 Å². The number of amides is 1. The van der Waals surface area contributed by atoms with Crippen molar-refractivity contribution >= 4 is 5.91 Å². The minimum atomic E-state index is -0.418. The van der Waals surface area contributed by atoms with Gasteiger partial charge >= 0.3 is 0 Å². The molecular weight excluding hydrogens is 228 g/mol. The van der Waals surface area contributed by atoms with E-state index in [-0.39, 0.29) is 6.10 Å². The van der Waals surface area contributed by atoms with E-state index < -0.39 is 5.91 Å². The fourth-order valence-electron chi connectivity index (χ4n) is 2.47. The van der Waals surface area contributed by atoms with Crippen molar-refractivity contribution in [3.8, 4) is 5.75 Å². The van der Waals surface area contributed by atoms with E-state index in [9.17, 15) is 4.79 Å². The second kappa shape index (κ2) is 5.87. The molecule has 18 heavy (non-hydrogen) atoms. The molecule has 1 amide bonds. The van der Waals surface area contributed by atoms with E-state index in [0.29, 0.717) is 18.0 Å². The molecule has 4 nitrogen and oxygen atoms in total. The number of hydrogen-bond acceptors (Lipinski definition) is 3. The smallest absolute Gasteiger partial charge is 0.248 e. The van der Waals surface area contributed by atoms with E-state index in [0.717, 1.165) is 18.6 Å². The molecular formula is C14H20N2O2. The second-order valence-corrected chi connectivity index (χ2v) is 4.83. The Morgan fingerprint density at radius 2 is 1.89 bits per heavy atom. The summed E-state index contributed by atoms with van der Waals surface area (Å²) in [7, 11) is 0. The third-order valence-corrected chi connectivity index (χ3v) is 3.57. The van der Waals surface area contributed by atoms with E-state index >= 15 is 0 Å². The standard InChI is InChI=1S/C14H20N2O2/c15-9-11-3-1-2-4-13(11)18-12-7-5-10(6-8-12)14(16)17/h5-8,11,13H,1-4,9,15H2,(H2,16,17). The highest BCUT2D eigenvalue weighted by molar-refractivity contribution is 5.92. The third-order valence-electron chi connectivity index (χ3n) is 3.57. The number of carbonyl (C=O) groups excluding carboxylic acids is 1. The van der Waals surface area contributed by atoms with Gasteiger partial charge in [-0.25, -0.2) is 0 Å². The number of benzene rings is 1. The summed E-state index contributed by atoms with van der Waals surface area (Å²) >= 11 is 0. The summed E-state index contributed by atoms with van der Waals surface area (Å²) in [6, 6.07) is 6.97. The topological polar surface area (TPSA) is 78.3 Å². The first-order valence-corrected chi connectivity index (χ1v) is 6.47. The lowest BCUT2D eigenvalue weighted by Gasteiger charge is -2.31. The zero-order chi connectivity index (χ0) is 13.0. The number of ether oxygens (including phenoxy) is 1. The van der Waals surface area contributed by atoms with Crippen molar-refractivity contribution in [3.05, 3.63) is 29.8 Å². The lowest BCUT2D eigenvalue weighted by molar-refractivity contribution is 0.0968. The molecule has 1 aliphatic carbocycles. The number of nitrogens with two attached hydrogens (primary N) is 2. The molecule has 98 valence electrons. The molecule has 4 heteroatoms. The Morgan fingerprint density at radius 1 is 1.22 bits per heavy atom. The Morgan fingerprint density at radius 3 is 2.50 bits per heavy atom. The predicted molar refractivity (Wildman–Crippen MR) is 70.4 cm³/mol. The highest BCUT2D eigenvalue weighted by atomic mass is 16.5. The van der Waals surface area contributed by atoms with E-state index in [4.69, 9.17) is 16.2 Å². The largest absolute Gasteiger partial charge is 0.490 e. The zero-order valence-corrected chi connectivity index (χ0v) is 10.5. The lowest BCUT2D eigenvalue weighted by Crippen LogP contribution is -2.35. The van der Waals surface area contributed by atoms with Gasteiger partial charge in [0, 0.05) is 11.5 Å². The van der Waals surface area contributed by atoms with E-state index in [1.54, 1.807) is 24.3 Å². The lowest BCUT2D eigenvalue weighted by atomic mass is 9.86. The molecule has 2 atom stereocenters. The molecule has 1 saturated carbocycles. The van der Waals surface area contributed by atoms with Crippen LogP contribution in [-0.4, -0.2) is 18.6 Å². The Labute approximate surface area is 107 Å². The van der Waals surface area contributed by atoms with Crippen LogP contribution in [0.2, 0.25) is 0 Å². The van der Waals surface area contributed by atoms with Crippen LogP contribution in [0.3, 0.4) is 0 Å². The molecule has 1 fully saturated rings. The molecule has 1 aromatic rings. The molecule has 2 rings (SSSR count). The molecule has 0 radical (unpaired) electrons. The maximum atomic E-state index is 11.0. The van der Waals surface area contributed by atoms with Crippen LogP contribution in [0.25, 0.3) is 0 Å². The zero-order valence-electron chi connectivity index (χ0n) is 10.5. The summed E-state index contributed by atoms with van der Waals surface area (Å²) < 4.78 is 5.96.